The first kappa shape index (κ1) is 16.2. The molecule has 4 rings (SSSR count). The van der Waals surface area contributed by atoms with Crippen LogP contribution in [0.4, 0.5) is 5.82 Å². The van der Waals surface area contributed by atoms with Gasteiger partial charge < -0.3 is 5.32 Å². The van der Waals surface area contributed by atoms with Gasteiger partial charge in [0.05, 0.1) is 17.3 Å². The molecule has 1 N–H and O–H groups in total. The van der Waals surface area contributed by atoms with Crippen LogP contribution < -0.4 is 5.32 Å². The van der Waals surface area contributed by atoms with Gasteiger partial charge in [0.15, 0.2) is 11.0 Å². The third-order valence-electron chi connectivity index (χ3n) is 4.38. The summed E-state index contributed by atoms with van der Waals surface area (Å²) in [5.41, 5.74) is 3.28. The number of halogens is 1. The molecule has 2 aromatic heterocycles. The van der Waals surface area contributed by atoms with Gasteiger partial charge in [0.1, 0.15) is 5.82 Å². The number of carbonyl (C=O) groups is 1. The van der Waals surface area contributed by atoms with E-state index in [1.165, 1.54) is 0 Å². The van der Waals surface area contributed by atoms with Gasteiger partial charge >= 0.3 is 0 Å². The Labute approximate surface area is 154 Å². The number of nitrogens with one attached hydrogen (secondary N) is 1. The molecule has 26 heavy (non-hydrogen) atoms. The molecule has 8 heteroatoms. The van der Waals surface area contributed by atoms with Crippen molar-refractivity contribution in [3.8, 4) is 11.9 Å². The summed E-state index contributed by atoms with van der Waals surface area (Å²) in [6, 6.07) is 12.7. The molecule has 128 valence electrons. The van der Waals surface area contributed by atoms with Gasteiger partial charge in [-0.15, -0.1) is 10.2 Å². The van der Waals surface area contributed by atoms with Gasteiger partial charge in [0, 0.05) is 17.9 Å². The smallest absolute Gasteiger partial charge is 0.226 e. The minimum atomic E-state index is -0.138. The Hall–Kier alpha value is -3.24. The molecule has 7 nitrogen and oxygen atoms in total. The van der Waals surface area contributed by atoms with Crippen molar-refractivity contribution in [2.24, 2.45) is 0 Å². The lowest BCUT2D eigenvalue weighted by Crippen LogP contribution is -2.25. The van der Waals surface area contributed by atoms with E-state index in [4.69, 9.17) is 16.9 Å². The summed E-state index contributed by atoms with van der Waals surface area (Å²) in [6.45, 7) is 1.90. The third kappa shape index (κ3) is 2.70. The molecule has 0 radical (unpaired) electrons. The summed E-state index contributed by atoms with van der Waals surface area (Å²) in [7, 11) is 0. The van der Waals surface area contributed by atoms with Crippen LogP contribution in [-0.4, -0.2) is 25.9 Å². The highest BCUT2D eigenvalue weighted by Crippen LogP contribution is 2.39. The van der Waals surface area contributed by atoms with E-state index in [9.17, 15) is 4.79 Å². The number of nitrogens with zero attached hydrogens (tertiary/aromatic N) is 5. The van der Waals surface area contributed by atoms with E-state index in [1.807, 2.05) is 19.1 Å². The van der Waals surface area contributed by atoms with Crippen molar-refractivity contribution >= 4 is 23.3 Å². The first-order valence-corrected chi connectivity index (χ1v) is 8.33. The highest BCUT2D eigenvalue weighted by Gasteiger charge is 2.32. The largest absolute Gasteiger partial charge is 0.310 e. The van der Waals surface area contributed by atoms with Crippen LogP contribution in [0.3, 0.4) is 0 Å². The van der Waals surface area contributed by atoms with Crippen LogP contribution in [0.5, 0.6) is 0 Å². The first-order valence-electron chi connectivity index (χ1n) is 7.96. The molecular weight excluding hydrogens is 352 g/mol. The monoisotopic (exact) mass is 364 g/mol. The van der Waals surface area contributed by atoms with Crippen molar-refractivity contribution in [3.05, 3.63) is 63.9 Å². The Morgan fingerprint density at radius 3 is 2.65 bits per heavy atom. The second-order valence-electron chi connectivity index (χ2n) is 6.01. The maximum Gasteiger partial charge on any atom is 0.226 e. The summed E-state index contributed by atoms with van der Waals surface area (Å²) in [5, 5.41) is 24.6. The topological polar surface area (TPSA) is 96.5 Å². The molecule has 0 aliphatic carbocycles. The van der Waals surface area contributed by atoms with E-state index in [-0.39, 0.29) is 17.0 Å². The van der Waals surface area contributed by atoms with Crippen LogP contribution in [-0.2, 0) is 4.79 Å². The van der Waals surface area contributed by atoms with Crippen molar-refractivity contribution in [1.29, 1.82) is 5.26 Å². The van der Waals surface area contributed by atoms with Gasteiger partial charge in [-0.1, -0.05) is 23.7 Å². The van der Waals surface area contributed by atoms with Gasteiger partial charge in [-0.3, -0.25) is 4.79 Å². The Kier molecular flexibility index (Phi) is 3.90. The Bertz CT molecular complexity index is 1030. The number of anilines is 1. The summed E-state index contributed by atoms with van der Waals surface area (Å²) in [6.07, 6.45) is 0.317. The van der Waals surface area contributed by atoms with E-state index >= 15 is 0 Å². The van der Waals surface area contributed by atoms with Gasteiger partial charge in [-0.05, 0) is 36.8 Å². The molecule has 1 aromatic carbocycles. The van der Waals surface area contributed by atoms with Crippen molar-refractivity contribution in [2.45, 2.75) is 19.3 Å². The molecule has 3 heterocycles. The fourth-order valence-corrected chi connectivity index (χ4v) is 3.31. The molecular formula is C18H13ClN6O. The van der Waals surface area contributed by atoms with E-state index in [0.29, 0.717) is 23.6 Å². The zero-order valence-electron chi connectivity index (χ0n) is 13.8. The quantitative estimate of drug-likeness (QED) is 0.754. The Morgan fingerprint density at radius 2 is 2.00 bits per heavy atom. The van der Waals surface area contributed by atoms with E-state index in [1.54, 1.807) is 28.9 Å². The molecule has 0 bridgehead atoms. The summed E-state index contributed by atoms with van der Waals surface area (Å²) in [5.74, 6) is 0.819. The van der Waals surface area contributed by atoms with Crippen molar-refractivity contribution in [2.75, 3.05) is 5.32 Å². The zero-order chi connectivity index (χ0) is 18.3. The number of aryl methyl sites for hydroxylation is 1. The average Bonchev–Trinajstić information content (AvgIpc) is 2.98. The standard InChI is InChI=1S/C18H13ClN6O/c1-10-17-13(12-4-2-11(9-20)3-5-12)8-16(26)21-18(17)25(24-10)15-7-6-14(19)22-23-15/h2-7,13H,8H2,1H3,(H,21,26)/t13-/m1/s1. The average molecular weight is 365 g/mol. The molecule has 0 saturated carbocycles. The summed E-state index contributed by atoms with van der Waals surface area (Å²) < 4.78 is 1.57. The van der Waals surface area contributed by atoms with Crippen LogP contribution in [0.1, 0.15) is 34.7 Å². The van der Waals surface area contributed by atoms with Crippen LogP contribution in [0, 0.1) is 18.3 Å². The Morgan fingerprint density at radius 1 is 1.23 bits per heavy atom. The first-order chi connectivity index (χ1) is 12.6. The predicted molar refractivity (Wildman–Crippen MR) is 95.1 cm³/mol. The van der Waals surface area contributed by atoms with Gasteiger partial charge in [-0.2, -0.15) is 15.0 Å². The van der Waals surface area contributed by atoms with Crippen LogP contribution in [0.15, 0.2) is 36.4 Å². The second-order valence-corrected chi connectivity index (χ2v) is 6.40. The van der Waals surface area contributed by atoms with Crippen molar-refractivity contribution < 1.29 is 4.79 Å². The highest BCUT2D eigenvalue weighted by atomic mass is 35.5. The number of fused-ring (bicyclic) bond motifs is 1. The molecule has 1 aliphatic rings. The molecule has 1 atom stereocenters. The fraction of sp³-hybridized carbons (Fsp3) is 0.167. The lowest BCUT2D eigenvalue weighted by molar-refractivity contribution is -0.116. The van der Waals surface area contributed by atoms with E-state index in [2.05, 4.69) is 26.7 Å². The number of benzene rings is 1. The number of amides is 1. The number of hydrogen-bond donors (Lipinski definition) is 1. The number of nitriles is 1. The van der Waals surface area contributed by atoms with Gasteiger partial charge in [0.2, 0.25) is 5.91 Å². The lowest BCUT2D eigenvalue weighted by atomic mass is 9.85. The maximum absolute atomic E-state index is 12.3. The second kappa shape index (κ2) is 6.24. The SMILES string of the molecule is Cc1nn(-c2ccc(Cl)nn2)c2c1[C@@H](c1ccc(C#N)cc1)CC(=O)N2. The zero-order valence-corrected chi connectivity index (χ0v) is 14.5. The maximum atomic E-state index is 12.3. The number of aromatic nitrogens is 4. The molecule has 0 spiro atoms. The minimum absolute atomic E-state index is 0.102. The number of hydrogen-bond acceptors (Lipinski definition) is 5. The lowest BCUT2D eigenvalue weighted by Gasteiger charge is -2.24. The van der Waals surface area contributed by atoms with Gasteiger partial charge in [-0.25, -0.2) is 0 Å². The van der Waals surface area contributed by atoms with Crippen molar-refractivity contribution in [3.63, 3.8) is 0 Å². The summed E-state index contributed by atoms with van der Waals surface area (Å²) in [4.78, 5) is 12.3. The fourth-order valence-electron chi connectivity index (χ4n) is 3.21. The van der Waals surface area contributed by atoms with E-state index < -0.39 is 0 Å². The third-order valence-corrected chi connectivity index (χ3v) is 4.58. The minimum Gasteiger partial charge on any atom is -0.310 e. The van der Waals surface area contributed by atoms with Gasteiger partial charge in [0.25, 0.3) is 0 Å². The highest BCUT2D eigenvalue weighted by molar-refractivity contribution is 6.29. The Balaban J connectivity index is 1.84. The van der Waals surface area contributed by atoms with Crippen LogP contribution in [0.25, 0.3) is 5.82 Å². The van der Waals surface area contributed by atoms with Crippen LogP contribution in [0.2, 0.25) is 5.15 Å². The van der Waals surface area contributed by atoms with Crippen molar-refractivity contribution in [1.82, 2.24) is 20.0 Å². The molecule has 0 fully saturated rings. The molecule has 0 unspecified atom stereocenters. The molecule has 1 aliphatic heterocycles. The molecule has 0 saturated heterocycles. The number of rotatable bonds is 2. The molecule has 1 amide bonds. The predicted octanol–water partition coefficient (Wildman–Crippen LogP) is 2.97. The normalized spacial score (nSPS) is 15.9. The summed E-state index contributed by atoms with van der Waals surface area (Å²) >= 11 is 5.80. The molecule has 3 aromatic rings. The van der Waals surface area contributed by atoms with Crippen LogP contribution >= 0.6 is 11.6 Å². The number of carbonyl (C=O) groups excluding carboxylic acids is 1. The van der Waals surface area contributed by atoms with E-state index in [0.717, 1.165) is 16.8 Å².